The fourth-order valence-electron chi connectivity index (χ4n) is 3.78. The summed E-state index contributed by atoms with van der Waals surface area (Å²) in [5.41, 5.74) is 1.30. The molecule has 2 amide bonds. The van der Waals surface area contributed by atoms with Gasteiger partial charge in [0.15, 0.2) is 0 Å². The van der Waals surface area contributed by atoms with E-state index in [1.54, 1.807) is 4.90 Å². The maximum Gasteiger partial charge on any atom is 0.410 e. The van der Waals surface area contributed by atoms with E-state index < -0.39 is 0 Å². The minimum absolute atomic E-state index is 0.0212. The van der Waals surface area contributed by atoms with Crippen LogP contribution < -0.4 is 0 Å². The highest BCUT2D eigenvalue weighted by atomic mass is 35.5. The molecular formula is C20H28ClN3O3. The molecule has 0 radical (unpaired) electrons. The quantitative estimate of drug-likeness (QED) is 0.714. The number of piperidine rings is 1. The average molecular weight is 394 g/mol. The van der Waals surface area contributed by atoms with E-state index in [9.17, 15) is 9.59 Å². The standard InChI is InChI=1S/C20H28ClN3O3/c1-22(19(25)15-24-11-12-27-20(24)26)13-17-3-2-9-23(14-17)10-8-16-4-6-18(21)7-5-16/h4-7,17H,2-3,8-15H2,1H3/t17-/m1/s1. The van der Waals surface area contributed by atoms with Crippen LogP contribution in [0.2, 0.25) is 5.02 Å². The van der Waals surface area contributed by atoms with Crippen LogP contribution in [0.4, 0.5) is 4.79 Å². The molecule has 0 aromatic heterocycles. The first kappa shape index (κ1) is 20.0. The largest absolute Gasteiger partial charge is 0.448 e. The van der Waals surface area contributed by atoms with Crippen LogP contribution >= 0.6 is 11.6 Å². The SMILES string of the molecule is CN(C[C@H]1CCCN(CCc2ccc(Cl)cc2)C1)C(=O)CN1CCOC1=O. The summed E-state index contributed by atoms with van der Waals surface area (Å²) >= 11 is 5.94. The lowest BCUT2D eigenvalue weighted by Gasteiger charge is -2.35. The number of carbonyl (C=O) groups excluding carboxylic acids is 2. The molecule has 6 nitrogen and oxygen atoms in total. The van der Waals surface area contributed by atoms with Gasteiger partial charge in [-0.1, -0.05) is 23.7 Å². The lowest BCUT2D eigenvalue weighted by atomic mass is 9.97. The van der Waals surface area contributed by atoms with Crippen molar-refractivity contribution < 1.29 is 14.3 Å². The summed E-state index contributed by atoms with van der Waals surface area (Å²) in [5.74, 6) is 0.454. The van der Waals surface area contributed by atoms with Crippen molar-refractivity contribution in [2.45, 2.75) is 19.3 Å². The Labute approximate surface area is 166 Å². The number of hydrogen-bond donors (Lipinski definition) is 0. The Morgan fingerprint density at radius 2 is 2.07 bits per heavy atom. The molecule has 2 saturated heterocycles. The first-order valence-electron chi connectivity index (χ1n) is 9.64. The minimum Gasteiger partial charge on any atom is -0.448 e. The molecule has 2 fully saturated rings. The van der Waals surface area contributed by atoms with Crippen molar-refractivity contribution in [2.24, 2.45) is 5.92 Å². The molecule has 0 saturated carbocycles. The van der Waals surface area contributed by atoms with Gasteiger partial charge in [0.2, 0.25) is 5.91 Å². The van der Waals surface area contributed by atoms with Gasteiger partial charge in [-0.25, -0.2) is 4.79 Å². The second-order valence-electron chi connectivity index (χ2n) is 7.50. The molecule has 2 heterocycles. The van der Waals surface area contributed by atoms with Crippen LogP contribution in [0.25, 0.3) is 0 Å². The zero-order chi connectivity index (χ0) is 19.2. The molecule has 148 valence electrons. The van der Waals surface area contributed by atoms with E-state index in [2.05, 4.69) is 17.0 Å². The zero-order valence-corrected chi connectivity index (χ0v) is 16.7. The van der Waals surface area contributed by atoms with E-state index >= 15 is 0 Å². The molecule has 27 heavy (non-hydrogen) atoms. The van der Waals surface area contributed by atoms with Crippen molar-refractivity contribution in [2.75, 3.05) is 52.9 Å². The predicted molar refractivity (Wildman–Crippen MR) is 105 cm³/mol. The van der Waals surface area contributed by atoms with Crippen molar-refractivity contribution in [1.82, 2.24) is 14.7 Å². The van der Waals surface area contributed by atoms with Crippen LogP contribution in [0.3, 0.4) is 0 Å². The second kappa shape index (κ2) is 9.42. The highest BCUT2D eigenvalue weighted by Crippen LogP contribution is 2.18. The first-order valence-corrected chi connectivity index (χ1v) is 10.0. The molecule has 1 atom stereocenters. The number of hydrogen-bond acceptors (Lipinski definition) is 4. The molecule has 0 aliphatic carbocycles. The van der Waals surface area contributed by atoms with Gasteiger partial charge in [0.1, 0.15) is 13.2 Å². The summed E-state index contributed by atoms with van der Waals surface area (Å²) in [4.78, 5) is 29.6. The van der Waals surface area contributed by atoms with E-state index in [-0.39, 0.29) is 18.5 Å². The van der Waals surface area contributed by atoms with Crippen molar-refractivity contribution in [3.05, 3.63) is 34.9 Å². The monoisotopic (exact) mass is 393 g/mol. The van der Waals surface area contributed by atoms with Crippen molar-refractivity contribution in [1.29, 1.82) is 0 Å². The fraction of sp³-hybridized carbons (Fsp3) is 0.600. The number of likely N-dealkylation sites (tertiary alicyclic amines) is 1. The van der Waals surface area contributed by atoms with Gasteiger partial charge >= 0.3 is 6.09 Å². The number of amides is 2. The van der Waals surface area contributed by atoms with Crippen molar-refractivity contribution in [3.8, 4) is 0 Å². The molecule has 2 aliphatic rings. The van der Waals surface area contributed by atoms with Crippen molar-refractivity contribution in [3.63, 3.8) is 0 Å². The summed E-state index contributed by atoms with van der Waals surface area (Å²) in [7, 11) is 1.83. The maximum absolute atomic E-state index is 12.4. The van der Waals surface area contributed by atoms with Gasteiger partial charge in [-0.3, -0.25) is 9.69 Å². The fourth-order valence-corrected chi connectivity index (χ4v) is 3.91. The molecule has 0 unspecified atom stereocenters. The van der Waals surface area contributed by atoms with Gasteiger partial charge in [-0.05, 0) is 49.4 Å². The van der Waals surface area contributed by atoms with Crippen LogP contribution in [0, 0.1) is 5.92 Å². The lowest BCUT2D eigenvalue weighted by Crippen LogP contribution is -2.44. The van der Waals surface area contributed by atoms with Crippen LogP contribution in [0.15, 0.2) is 24.3 Å². The van der Waals surface area contributed by atoms with Gasteiger partial charge in [0.05, 0.1) is 6.54 Å². The number of halogens is 1. The molecule has 1 aromatic rings. The van der Waals surface area contributed by atoms with Gasteiger partial charge < -0.3 is 14.5 Å². The molecule has 1 aromatic carbocycles. The summed E-state index contributed by atoms with van der Waals surface area (Å²) in [5, 5.41) is 0.770. The third kappa shape index (κ3) is 5.84. The molecule has 3 rings (SSSR count). The number of carbonyl (C=O) groups is 2. The van der Waals surface area contributed by atoms with E-state index in [4.69, 9.17) is 16.3 Å². The zero-order valence-electron chi connectivity index (χ0n) is 15.9. The Morgan fingerprint density at radius 3 is 2.78 bits per heavy atom. The third-order valence-corrected chi connectivity index (χ3v) is 5.61. The smallest absolute Gasteiger partial charge is 0.410 e. The van der Waals surface area contributed by atoms with Gasteiger partial charge in [0.25, 0.3) is 0 Å². The first-order chi connectivity index (χ1) is 13.0. The van der Waals surface area contributed by atoms with Crippen LogP contribution in [0.1, 0.15) is 18.4 Å². The van der Waals surface area contributed by atoms with Crippen LogP contribution in [-0.4, -0.2) is 79.6 Å². The Morgan fingerprint density at radius 1 is 1.30 bits per heavy atom. The topological polar surface area (TPSA) is 53.1 Å². The maximum atomic E-state index is 12.4. The molecular weight excluding hydrogens is 366 g/mol. The number of likely N-dealkylation sites (N-methyl/N-ethyl adjacent to an activating group) is 1. The molecule has 0 bridgehead atoms. The summed E-state index contributed by atoms with van der Waals surface area (Å²) in [6.45, 7) is 4.87. The Kier molecular flexibility index (Phi) is 6.96. The second-order valence-corrected chi connectivity index (χ2v) is 7.93. The molecule has 0 spiro atoms. The molecule has 0 N–H and O–H groups in total. The Bertz CT molecular complexity index is 652. The summed E-state index contributed by atoms with van der Waals surface area (Å²) < 4.78 is 4.88. The van der Waals surface area contributed by atoms with E-state index in [1.165, 1.54) is 10.5 Å². The Balaban J connectivity index is 1.42. The number of rotatable bonds is 7. The molecule has 7 heteroatoms. The lowest BCUT2D eigenvalue weighted by molar-refractivity contribution is -0.131. The van der Waals surface area contributed by atoms with E-state index in [1.807, 2.05) is 19.2 Å². The van der Waals surface area contributed by atoms with Crippen LogP contribution in [-0.2, 0) is 16.0 Å². The highest BCUT2D eigenvalue weighted by Gasteiger charge is 2.27. The minimum atomic E-state index is -0.386. The number of cyclic esters (lactones) is 1. The summed E-state index contributed by atoms with van der Waals surface area (Å²) in [6, 6.07) is 8.04. The number of ether oxygens (including phenoxy) is 1. The number of benzene rings is 1. The van der Waals surface area contributed by atoms with Gasteiger partial charge in [-0.15, -0.1) is 0 Å². The summed E-state index contributed by atoms with van der Waals surface area (Å²) in [6.07, 6.45) is 2.92. The Hall–Kier alpha value is -1.79. The van der Waals surface area contributed by atoms with E-state index in [0.717, 1.165) is 50.5 Å². The number of nitrogens with zero attached hydrogens (tertiary/aromatic N) is 3. The molecule has 2 aliphatic heterocycles. The van der Waals surface area contributed by atoms with Gasteiger partial charge in [0, 0.05) is 31.7 Å². The normalized spacial score (nSPS) is 20.6. The van der Waals surface area contributed by atoms with E-state index in [0.29, 0.717) is 19.1 Å². The third-order valence-electron chi connectivity index (χ3n) is 5.36. The van der Waals surface area contributed by atoms with Crippen LogP contribution in [0.5, 0.6) is 0 Å². The highest BCUT2D eigenvalue weighted by molar-refractivity contribution is 6.30. The average Bonchev–Trinajstić information content (AvgIpc) is 3.06. The van der Waals surface area contributed by atoms with Crippen molar-refractivity contribution >= 4 is 23.6 Å². The predicted octanol–water partition coefficient (Wildman–Crippen LogP) is 2.51. The van der Waals surface area contributed by atoms with Gasteiger partial charge in [-0.2, -0.15) is 0 Å².